The van der Waals surface area contributed by atoms with Crippen LogP contribution in [0.5, 0.6) is 0 Å². The molecule has 1 atom stereocenters. The normalized spacial score (nSPS) is 17.8. The van der Waals surface area contributed by atoms with Crippen molar-refractivity contribution in [3.8, 4) is 0 Å². The van der Waals surface area contributed by atoms with E-state index in [1.54, 1.807) is 0 Å². The van der Waals surface area contributed by atoms with Crippen LogP contribution in [0.1, 0.15) is 18.4 Å². The Morgan fingerprint density at radius 2 is 2.22 bits per heavy atom. The molecule has 2 heterocycles. The Labute approximate surface area is 135 Å². The highest BCUT2D eigenvalue weighted by Gasteiger charge is 2.26. The van der Waals surface area contributed by atoms with Crippen molar-refractivity contribution in [2.24, 2.45) is 5.92 Å². The summed E-state index contributed by atoms with van der Waals surface area (Å²) in [6.45, 7) is 3.36. The lowest BCUT2D eigenvalue weighted by atomic mass is 9.98. The Bertz CT molecular complexity index is 704. The van der Waals surface area contributed by atoms with Crippen LogP contribution >= 0.6 is 0 Å². The molecule has 1 aromatic heterocycles. The number of aryl methyl sites for hydroxylation is 1. The zero-order chi connectivity index (χ0) is 16.2. The molecule has 1 aliphatic rings. The van der Waals surface area contributed by atoms with Crippen LogP contribution in [0.15, 0.2) is 36.7 Å². The Balaban J connectivity index is 1.75. The number of aliphatic carboxylic acids is 1. The van der Waals surface area contributed by atoms with E-state index in [1.807, 2.05) is 42.2 Å². The first kappa shape index (κ1) is 15.3. The van der Waals surface area contributed by atoms with Gasteiger partial charge in [0, 0.05) is 24.8 Å². The minimum atomic E-state index is -0.734. The van der Waals surface area contributed by atoms with Gasteiger partial charge in [-0.05, 0) is 37.5 Å². The van der Waals surface area contributed by atoms with Crippen molar-refractivity contribution in [1.29, 1.82) is 0 Å². The number of carboxylic acids is 1. The molecule has 2 N–H and O–H groups in total. The molecule has 1 saturated heterocycles. The molecule has 1 aromatic carbocycles. The fraction of sp³-hybridized carbons (Fsp3) is 0.353. The second-order valence-corrected chi connectivity index (χ2v) is 5.88. The van der Waals surface area contributed by atoms with E-state index >= 15 is 0 Å². The van der Waals surface area contributed by atoms with Crippen molar-refractivity contribution in [1.82, 2.24) is 9.97 Å². The first-order valence-electron chi connectivity index (χ1n) is 7.75. The molecule has 0 amide bonds. The minimum Gasteiger partial charge on any atom is -0.481 e. The Morgan fingerprint density at radius 3 is 3.00 bits per heavy atom. The number of benzene rings is 1. The molecule has 3 rings (SSSR count). The van der Waals surface area contributed by atoms with Crippen molar-refractivity contribution in [3.05, 3.63) is 42.2 Å². The molecule has 2 aromatic rings. The third kappa shape index (κ3) is 3.77. The van der Waals surface area contributed by atoms with Gasteiger partial charge < -0.3 is 15.3 Å². The molecular formula is C17H20N4O2. The molecule has 1 aliphatic heterocycles. The lowest BCUT2D eigenvalue weighted by Crippen LogP contribution is -2.39. The van der Waals surface area contributed by atoms with Crippen molar-refractivity contribution in [3.63, 3.8) is 0 Å². The van der Waals surface area contributed by atoms with Gasteiger partial charge in [-0.1, -0.05) is 12.1 Å². The molecule has 0 bridgehead atoms. The van der Waals surface area contributed by atoms with Crippen LogP contribution in [0, 0.1) is 12.8 Å². The highest BCUT2D eigenvalue weighted by atomic mass is 16.4. The number of carbonyl (C=O) groups is 1. The number of nitrogens with one attached hydrogen (secondary N) is 1. The number of aromatic nitrogens is 2. The molecule has 1 unspecified atom stereocenters. The third-order valence-corrected chi connectivity index (χ3v) is 4.04. The number of carboxylic acid groups (broad SMARTS) is 1. The van der Waals surface area contributed by atoms with Gasteiger partial charge in [0.15, 0.2) is 0 Å². The quantitative estimate of drug-likeness (QED) is 0.904. The molecule has 1 fully saturated rings. The van der Waals surface area contributed by atoms with Gasteiger partial charge in [0.2, 0.25) is 0 Å². The highest BCUT2D eigenvalue weighted by Crippen LogP contribution is 2.24. The number of piperidine rings is 1. The van der Waals surface area contributed by atoms with Gasteiger partial charge in [0.25, 0.3) is 0 Å². The van der Waals surface area contributed by atoms with E-state index < -0.39 is 5.97 Å². The van der Waals surface area contributed by atoms with Crippen LogP contribution in [0.3, 0.4) is 0 Å². The standard InChI is InChI=1S/C17H20N4O2/c1-12-4-2-6-14(8-12)20-15-9-16(19-11-18-15)21-7-3-5-13(10-21)17(22)23/h2,4,6,8-9,11,13H,3,5,7,10H2,1H3,(H,22,23)(H,18,19,20). The van der Waals surface area contributed by atoms with Crippen LogP contribution in [0.25, 0.3) is 0 Å². The van der Waals surface area contributed by atoms with Crippen molar-refractivity contribution >= 4 is 23.3 Å². The second kappa shape index (κ2) is 6.64. The molecule has 6 heteroatoms. The van der Waals surface area contributed by atoms with Crippen LogP contribution in [-0.4, -0.2) is 34.1 Å². The van der Waals surface area contributed by atoms with Gasteiger partial charge in [-0.2, -0.15) is 0 Å². The molecule has 23 heavy (non-hydrogen) atoms. The average molecular weight is 312 g/mol. The first-order valence-corrected chi connectivity index (χ1v) is 7.75. The fourth-order valence-corrected chi connectivity index (χ4v) is 2.85. The van der Waals surface area contributed by atoms with Crippen LogP contribution in [-0.2, 0) is 4.79 Å². The maximum absolute atomic E-state index is 11.2. The van der Waals surface area contributed by atoms with Gasteiger partial charge in [0.05, 0.1) is 5.92 Å². The van der Waals surface area contributed by atoms with E-state index in [4.69, 9.17) is 0 Å². The smallest absolute Gasteiger partial charge is 0.308 e. The summed E-state index contributed by atoms with van der Waals surface area (Å²) in [6.07, 6.45) is 3.10. The molecule has 0 spiro atoms. The van der Waals surface area contributed by atoms with E-state index in [-0.39, 0.29) is 5.92 Å². The van der Waals surface area contributed by atoms with Gasteiger partial charge >= 0.3 is 5.97 Å². The van der Waals surface area contributed by atoms with E-state index in [0.29, 0.717) is 12.4 Å². The lowest BCUT2D eigenvalue weighted by Gasteiger charge is -2.31. The summed E-state index contributed by atoms with van der Waals surface area (Å²) in [7, 11) is 0. The highest BCUT2D eigenvalue weighted by molar-refractivity contribution is 5.71. The molecule has 0 radical (unpaired) electrons. The number of hydrogen-bond donors (Lipinski definition) is 2. The summed E-state index contributed by atoms with van der Waals surface area (Å²) in [6, 6.07) is 9.92. The molecule has 6 nitrogen and oxygen atoms in total. The zero-order valence-corrected chi connectivity index (χ0v) is 13.1. The maximum Gasteiger partial charge on any atom is 0.308 e. The van der Waals surface area contributed by atoms with Crippen molar-refractivity contribution < 1.29 is 9.90 Å². The van der Waals surface area contributed by atoms with E-state index in [9.17, 15) is 9.90 Å². The lowest BCUT2D eigenvalue weighted by molar-refractivity contribution is -0.141. The van der Waals surface area contributed by atoms with Gasteiger partial charge in [-0.15, -0.1) is 0 Å². The third-order valence-electron chi connectivity index (χ3n) is 4.04. The van der Waals surface area contributed by atoms with E-state index in [0.717, 1.165) is 30.9 Å². The maximum atomic E-state index is 11.2. The summed E-state index contributed by atoms with van der Waals surface area (Å²) in [5.74, 6) is 0.410. The van der Waals surface area contributed by atoms with E-state index in [2.05, 4.69) is 15.3 Å². The number of rotatable bonds is 4. The molecule has 0 saturated carbocycles. The summed E-state index contributed by atoms with van der Waals surface area (Å²) in [4.78, 5) is 21.8. The summed E-state index contributed by atoms with van der Waals surface area (Å²) in [5, 5.41) is 12.5. The van der Waals surface area contributed by atoms with Gasteiger partial charge in [-0.25, -0.2) is 9.97 Å². The minimum absolute atomic E-state index is 0.327. The van der Waals surface area contributed by atoms with Crippen molar-refractivity contribution in [2.75, 3.05) is 23.3 Å². The van der Waals surface area contributed by atoms with Gasteiger partial charge in [-0.3, -0.25) is 4.79 Å². The number of nitrogens with zero attached hydrogens (tertiary/aromatic N) is 3. The largest absolute Gasteiger partial charge is 0.481 e. The summed E-state index contributed by atoms with van der Waals surface area (Å²) < 4.78 is 0. The monoisotopic (exact) mass is 312 g/mol. The zero-order valence-electron chi connectivity index (χ0n) is 13.1. The Hall–Kier alpha value is -2.63. The SMILES string of the molecule is Cc1cccc(Nc2cc(N3CCCC(C(=O)O)C3)ncn2)c1. The predicted octanol–water partition coefficient (Wildman–Crippen LogP) is 2.83. The summed E-state index contributed by atoms with van der Waals surface area (Å²) in [5.41, 5.74) is 2.14. The Kier molecular flexibility index (Phi) is 4.41. The van der Waals surface area contributed by atoms with E-state index in [1.165, 1.54) is 11.9 Å². The summed E-state index contributed by atoms with van der Waals surface area (Å²) >= 11 is 0. The van der Waals surface area contributed by atoms with Crippen molar-refractivity contribution in [2.45, 2.75) is 19.8 Å². The molecular weight excluding hydrogens is 292 g/mol. The molecule has 0 aliphatic carbocycles. The number of hydrogen-bond acceptors (Lipinski definition) is 5. The van der Waals surface area contributed by atoms with Gasteiger partial charge in [0.1, 0.15) is 18.0 Å². The topological polar surface area (TPSA) is 78.4 Å². The predicted molar refractivity (Wildman–Crippen MR) is 89.1 cm³/mol. The van der Waals surface area contributed by atoms with Crippen LogP contribution in [0.4, 0.5) is 17.3 Å². The van der Waals surface area contributed by atoms with Crippen LogP contribution in [0.2, 0.25) is 0 Å². The Morgan fingerprint density at radius 1 is 1.35 bits per heavy atom. The van der Waals surface area contributed by atoms with Crippen LogP contribution < -0.4 is 10.2 Å². The number of anilines is 3. The molecule has 120 valence electrons. The first-order chi connectivity index (χ1) is 11.1. The average Bonchev–Trinajstić information content (AvgIpc) is 2.55. The fourth-order valence-electron chi connectivity index (χ4n) is 2.85. The second-order valence-electron chi connectivity index (χ2n) is 5.88.